The van der Waals surface area contributed by atoms with Crippen LogP contribution in [-0.2, 0) is 6.42 Å². The molecule has 3 heterocycles. The third-order valence-electron chi connectivity index (χ3n) is 2.79. The van der Waals surface area contributed by atoms with Crippen molar-refractivity contribution in [1.82, 2.24) is 24.7 Å². The summed E-state index contributed by atoms with van der Waals surface area (Å²) >= 11 is 1.75. The van der Waals surface area contributed by atoms with Crippen LogP contribution in [0.1, 0.15) is 4.88 Å². The molecule has 0 aliphatic rings. The lowest BCUT2D eigenvalue weighted by atomic mass is 10.3. The molecule has 0 saturated carbocycles. The van der Waals surface area contributed by atoms with E-state index >= 15 is 0 Å². The first-order valence-corrected chi connectivity index (χ1v) is 7.43. The third kappa shape index (κ3) is 3.34. The predicted molar refractivity (Wildman–Crippen MR) is 83.0 cm³/mol. The second kappa shape index (κ2) is 6.31. The van der Waals surface area contributed by atoms with Gasteiger partial charge in [0.2, 0.25) is 11.9 Å². The van der Waals surface area contributed by atoms with Crippen molar-refractivity contribution in [3.63, 3.8) is 0 Å². The molecule has 0 fully saturated rings. The van der Waals surface area contributed by atoms with Crippen LogP contribution in [0.5, 0.6) is 0 Å². The topological polar surface area (TPSA) is 80.5 Å². The maximum Gasteiger partial charge on any atom is 0.257 e. The fraction of sp³-hybridized carbons (Fsp3) is 0.231. The number of hydrogen-bond acceptors (Lipinski definition) is 7. The highest BCUT2D eigenvalue weighted by Gasteiger charge is 2.07. The Morgan fingerprint density at radius 2 is 2.10 bits per heavy atom. The van der Waals surface area contributed by atoms with E-state index in [1.807, 2.05) is 6.07 Å². The number of aromatic nitrogens is 5. The van der Waals surface area contributed by atoms with E-state index in [2.05, 4.69) is 48.2 Å². The summed E-state index contributed by atoms with van der Waals surface area (Å²) < 4.78 is 1.60. The summed E-state index contributed by atoms with van der Waals surface area (Å²) in [6, 6.07) is 6.00. The van der Waals surface area contributed by atoms with E-state index < -0.39 is 0 Å². The average molecular weight is 301 g/mol. The Morgan fingerprint density at radius 3 is 2.81 bits per heavy atom. The van der Waals surface area contributed by atoms with Crippen molar-refractivity contribution in [2.75, 3.05) is 24.2 Å². The molecule has 0 saturated heterocycles. The van der Waals surface area contributed by atoms with Crippen LogP contribution < -0.4 is 10.6 Å². The van der Waals surface area contributed by atoms with Crippen molar-refractivity contribution in [2.45, 2.75) is 6.42 Å². The van der Waals surface area contributed by atoms with E-state index in [1.165, 1.54) is 4.88 Å². The molecular weight excluding hydrogens is 286 g/mol. The summed E-state index contributed by atoms with van der Waals surface area (Å²) in [5.41, 5.74) is 0. The van der Waals surface area contributed by atoms with Crippen LogP contribution in [0.15, 0.2) is 36.0 Å². The molecule has 2 N–H and O–H groups in total. The molecular formula is C13H15N7S. The first-order valence-electron chi connectivity index (χ1n) is 6.55. The van der Waals surface area contributed by atoms with Crippen molar-refractivity contribution in [3.8, 4) is 5.95 Å². The number of rotatable bonds is 6. The molecule has 3 rings (SSSR count). The van der Waals surface area contributed by atoms with E-state index in [4.69, 9.17) is 0 Å². The first kappa shape index (κ1) is 13.5. The predicted octanol–water partition coefficient (Wildman–Crippen LogP) is 1.82. The van der Waals surface area contributed by atoms with Crippen LogP contribution in [0, 0.1) is 0 Å². The smallest absolute Gasteiger partial charge is 0.257 e. The molecule has 0 aliphatic carbocycles. The summed E-state index contributed by atoms with van der Waals surface area (Å²) in [5.74, 6) is 1.53. The van der Waals surface area contributed by atoms with Gasteiger partial charge in [-0.15, -0.1) is 11.3 Å². The van der Waals surface area contributed by atoms with Crippen molar-refractivity contribution < 1.29 is 0 Å². The van der Waals surface area contributed by atoms with Crippen LogP contribution in [0.4, 0.5) is 11.9 Å². The standard InChI is InChI=1S/C13H15N7S/c1-14-11-17-12(15-7-5-10-4-2-9-21-10)19-13(18-11)20-8-3-6-16-20/h2-4,6,8-9H,5,7H2,1H3,(H2,14,15,17,18,19). The largest absolute Gasteiger partial charge is 0.357 e. The average Bonchev–Trinajstić information content (AvgIpc) is 3.20. The van der Waals surface area contributed by atoms with Crippen molar-refractivity contribution in [1.29, 1.82) is 0 Å². The van der Waals surface area contributed by atoms with Gasteiger partial charge in [0.1, 0.15) is 0 Å². The number of nitrogens with one attached hydrogen (secondary N) is 2. The van der Waals surface area contributed by atoms with Crippen molar-refractivity contribution in [2.24, 2.45) is 0 Å². The number of anilines is 2. The minimum absolute atomic E-state index is 0.484. The second-order valence-electron chi connectivity index (χ2n) is 4.24. The van der Waals surface area contributed by atoms with Gasteiger partial charge in [0.25, 0.3) is 5.95 Å². The van der Waals surface area contributed by atoms with Crippen LogP contribution >= 0.6 is 11.3 Å². The number of thiophene rings is 1. The maximum absolute atomic E-state index is 4.37. The molecule has 0 unspecified atom stereocenters. The summed E-state index contributed by atoms with van der Waals surface area (Å²) in [5, 5.41) is 12.4. The monoisotopic (exact) mass is 301 g/mol. The highest BCUT2D eigenvalue weighted by atomic mass is 32.1. The summed E-state index contributed by atoms with van der Waals surface area (Å²) in [4.78, 5) is 14.3. The van der Waals surface area contributed by atoms with E-state index in [9.17, 15) is 0 Å². The van der Waals surface area contributed by atoms with E-state index in [0.29, 0.717) is 17.8 Å². The summed E-state index contributed by atoms with van der Waals surface area (Å²) in [6.07, 6.45) is 4.42. The summed E-state index contributed by atoms with van der Waals surface area (Å²) in [7, 11) is 1.78. The van der Waals surface area contributed by atoms with E-state index in [0.717, 1.165) is 13.0 Å². The fourth-order valence-corrected chi connectivity index (χ4v) is 2.51. The zero-order valence-corrected chi connectivity index (χ0v) is 12.3. The molecule has 3 aromatic rings. The molecule has 0 aliphatic heterocycles. The molecule has 0 bridgehead atoms. The molecule has 3 aromatic heterocycles. The lowest BCUT2D eigenvalue weighted by molar-refractivity contribution is 0.796. The summed E-state index contributed by atoms with van der Waals surface area (Å²) in [6.45, 7) is 0.770. The molecule has 0 radical (unpaired) electrons. The Kier molecular flexibility index (Phi) is 4.06. The maximum atomic E-state index is 4.37. The van der Waals surface area contributed by atoms with Gasteiger partial charge >= 0.3 is 0 Å². The molecule has 21 heavy (non-hydrogen) atoms. The first-order chi connectivity index (χ1) is 10.3. The van der Waals surface area contributed by atoms with Gasteiger partial charge in [-0.05, 0) is 23.9 Å². The Balaban J connectivity index is 1.73. The molecule has 0 atom stereocenters. The quantitative estimate of drug-likeness (QED) is 0.723. The van der Waals surface area contributed by atoms with Crippen LogP contribution in [0.25, 0.3) is 5.95 Å². The van der Waals surface area contributed by atoms with Gasteiger partial charge in [-0.3, -0.25) is 0 Å². The number of nitrogens with zero attached hydrogens (tertiary/aromatic N) is 5. The second-order valence-corrected chi connectivity index (χ2v) is 5.27. The minimum Gasteiger partial charge on any atom is -0.357 e. The fourth-order valence-electron chi connectivity index (χ4n) is 1.80. The SMILES string of the molecule is CNc1nc(NCCc2cccs2)nc(-n2cccn2)n1. The Labute approximate surface area is 126 Å². The van der Waals surface area contributed by atoms with E-state index in [1.54, 1.807) is 35.5 Å². The van der Waals surface area contributed by atoms with Gasteiger partial charge in [-0.1, -0.05) is 6.07 Å². The van der Waals surface area contributed by atoms with Crippen molar-refractivity contribution >= 4 is 23.2 Å². The Hall–Kier alpha value is -2.48. The lowest BCUT2D eigenvalue weighted by Crippen LogP contribution is -2.13. The molecule has 0 spiro atoms. The van der Waals surface area contributed by atoms with Gasteiger partial charge in [-0.25, -0.2) is 4.68 Å². The number of hydrogen-bond donors (Lipinski definition) is 2. The highest BCUT2D eigenvalue weighted by Crippen LogP contribution is 2.11. The molecule has 0 amide bonds. The minimum atomic E-state index is 0.484. The highest BCUT2D eigenvalue weighted by molar-refractivity contribution is 7.09. The van der Waals surface area contributed by atoms with Crippen LogP contribution in [0.3, 0.4) is 0 Å². The van der Waals surface area contributed by atoms with Gasteiger partial charge in [0.05, 0.1) is 0 Å². The Bertz CT molecular complexity index is 679. The lowest BCUT2D eigenvalue weighted by Gasteiger charge is -2.08. The molecule has 108 valence electrons. The van der Waals surface area contributed by atoms with Gasteiger partial charge in [0.15, 0.2) is 0 Å². The molecule has 7 nitrogen and oxygen atoms in total. The molecule has 0 aromatic carbocycles. The van der Waals surface area contributed by atoms with Gasteiger partial charge in [-0.2, -0.15) is 20.1 Å². The molecule has 8 heteroatoms. The van der Waals surface area contributed by atoms with Crippen LogP contribution in [-0.4, -0.2) is 38.3 Å². The van der Waals surface area contributed by atoms with Gasteiger partial charge < -0.3 is 10.6 Å². The van der Waals surface area contributed by atoms with Crippen molar-refractivity contribution in [3.05, 3.63) is 40.8 Å². The van der Waals surface area contributed by atoms with Crippen LogP contribution in [0.2, 0.25) is 0 Å². The third-order valence-corrected chi connectivity index (χ3v) is 3.73. The van der Waals surface area contributed by atoms with E-state index in [-0.39, 0.29) is 0 Å². The van der Waals surface area contributed by atoms with Gasteiger partial charge in [0, 0.05) is 30.9 Å². The zero-order valence-electron chi connectivity index (χ0n) is 11.5. The zero-order chi connectivity index (χ0) is 14.5. The Morgan fingerprint density at radius 1 is 1.19 bits per heavy atom. The normalized spacial score (nSPS) is 10.5.